The molecule has 0 fully saturated rings. The summed E-state index contributed by atoms with van der Waals surface area (Å²) in [4.78, 5) is 10.7. The smallest absolute Gasteiger partial charge is 0.305 e. The maximum absolute atomic E-state index is 10.7. The quantitative estimate of drug-likeness (QED) is 0.486. The molecule has 0 saturated carbocycles. The molecule has 0 aromatic heterocycles. The fourth-order valence-corrected chi connectivity index (χ4v) is 0.986. The Morgan fingerprint density at radius 1 is 1.47 bits per heavy atom. The molecule has 0 spiro atoms. The van der Waals surface area contributed by atoms with Gasteiger partial charge in [-0.2, -0.15) is 0 Å². The molecule has 0 aliphatic carbocycles. The topological polar surface area (TPSA) is 66.8 Å². The average Bonchev–Trinajstić information content (AvgIpc) is 2.24. The Balaban J connectivity index is 3.56. The van der Waals surface area contributed by atoms with Crippen LogP contribution < -0.4 is 0 Å². The number of allylic oxidation sites excluding steroid dienone is 2. The maximum atomic E-state index is 10.7. The summed E-state index contributed by atoms with van der Waals surface area (Å²) in [6.07, 6.45) is 7.40. The number of carbonyl (C=O) groups excluding carboxylic acids is 1. The van der Waals surface area contributed by atoms with Crippen molar-refractivity contribution in [3.8, 4) is 0 Å². The molecule has 0 aromatic rings. The van der Waals surface area contributed by atoms with E-state index in [1.807, 2.05) is 0 Å². The summed E-state index contributed by atoms with van der Waals surface area (Å²) in [5, 5.41) is 17.8. The van der Waals surface area contributed by atoms with E-state index in [9.17, 15) is 9.90 Å². The molecule has 1 atom stereocenters. The minimum Gasteiger partial charge on any atom is -0.469 e. The second kappa shape index (κ2) is 9.43. The minimum absolute atomic E-state index is 0.0111. The zero-order chi connectivity index (χ0) is 11.5. The van der Waals surface area contributed by atoms with Crippen LogP contribution in [-0.2, 0) is 9.53 Å². The van der Waals surface area contributed by atoms with Crippen molar-refractivity contribution in [2.75, 3.05) is 13.7 Å². The van der Waals surface area contributed by atoms with E-state index in [1.165, 1.54) is 7.11 Å². The molecule has 0 radical (unpaired) electrons. The van der Waals surface area contributed by atoms with Gasteiger partial charge in [-0.05, 0) is 12.8 Å². The number of hydrogen-bond donors (Lipinski definition) is 2. The molecule has 86 valence electrons. The Hall–Kier alpha value is -1.13. The Morgan fingerprint density at radius 3 is 2.80 bits per heavy atom. The fourth-order valence-electron chi connectivity index (χ4n) is 0.986. The average molecular weight is 214 g/mol. The highest BCUT2D eigenvalue weighted by molar-refractivity contribution is 5.68. The van der Waals surface area contributed by atoms with Crippen molar-refractivity contribution >= 4 is 5.97 Å². The summed E-state index contributed by atoms with van der Waals surface area (Å²) in [6, 6.07) is 0. The lowest BCUT2D eigenvalue weighted by molar-refractivity contribution is -0.140. The molecule has 0 aliphatic heterocycles. The van der Waals surface area contributed by atoms with Gasteiger partial charge in [0.1, 0.15) is 0 Å². The molecule has 0 aliphatic rings. The Bertz CT molecular complexity index is 221. The van der Waals surface area contributed by atoms with Gasteiger partial charge in [0.2, 0.25) is 0 Å². The van der Waals surface area contributed by atoms with Crippen molar-refractivity contribution in [2.24, 2.45) is 0 Å². The van der Waals surface area contributed by atoms with Crippen molar-refractivity contribution in [2.45, 2.75) is 25.4 Å². The summed E-state index contributed by atoms with van der Waals surface area (Å²) in [6.45, 7) is -0.0111. The molecule has 2 N–H and O–H groups in total. The number of aliphatic hydroxyl groups excluding tert-OH is 2. The van der Waals surface area contributed by atoms with Crippen LogP contribution >= 0.6 is 0 Å². The molecular formula is C11H18O4. The van der Waals surface area contributed by atoms with Crippen molar-refractivity contribution in [1.82, 2.24) is 0 Å². The SMILES string of the molecule is COC(=O)CCCC(O)/C=C\C=C\CO. The van der Waals surface area contributed by atoms with E-state index in [4.69, 9.17) is 5.11 Å². The van der Waals surface area contributed by atoms with E-state index in [1.54, 1.807) is 24.3 Å². The summed E-state index contributed by atoms with van der Waals surface area (Å²) < 4.78 is 4.47. The number of esters is 1. The first kappa shape index (κ1) is 13.9. The third kappa shape index (κ3) is 9.18. The molecule has 0 aromatic carbocycles. The van der Waals surface area contributed by atoms with Gasteiger partial charge >= 0.3 is 5.97 Å². The van der Waals surface area contributed by atoms with Crippen LogP contribution in [0.15, 0.2) is 24.3 Å². The third-order valence-corrected chi connectivity index (χ3v) is 1.79. The van der Waals surface area contributed by atoms with Gasteiger partial charge in [0.15, 0.2) is 0 Å². The van der Waals surface area contributed by atoms with E-state index in [2.05, 4.69) is 4.74 Å². The van der Waals surface area contributed by atoms with Crippen LogP contribution in [0.3, 0.4) is 0 Å². The van der Waals surface area contributed by atoms with Crippen LogP contribution in [0.4, 0.5) is 0 Å². The molecule has 15 heavy (non-hydrogen) atoms. The van der Waals surface area contributed by atoms with Gasteiger partial charge in [0.25, 0.3) is 0 Å². The third-order valence-electron chi connectivity index (χ3n) is 1.79. The number of rotatable bonds is 7. The highest BCUT2D eigenvalue weighted by Gasteiger charge is 2.02. The number of methoxy groups -OCH3 is 1. The van der Waals surface area contributed by atoms with Crippen molar-refractivity contribution in [3.05, 3.63) is 24.3 Å². The first-order chi connectivity index (χ1) is 7.20. The Kier molecular flexibility index (Phi) is 8.72. The first-order valence-electron chi connectivity index (χ1n) is 4.89. The minimum atomic E-state index is -0.557. The molecule has 4 nitrogen and oxygen atoms in total. The Morgan fingerprint density at radius 2 is 2.20 bits per heavy atom. The number of ether oxygens (including phenoxy) is 1. The molecular weight excluding hydrogens is 196 g/mol. The fraction of sp³-hybridized carbons (Fsp3) is 0.545. The normalized spacial score (nSPS) is 13.5. The predicted octanol–water partition coefficient (Wildman–Crippen LogP) is 0.795. The first-order valence-corrected chi connectivity index (χ1v) is 4.89. The number of aliphatic hydroxyl groups is 2. The standard InChI is InChI=1S/C11H18O4/c1-15-11(14)8-5-7-10(13)6-3-2-4-9-12/h2-4,6,10,12-13H,5,7-9H2,1H3/b4-2+,6-3-. The van der Waals surface area contributed by atoms with Gasteiger partial charge < -0.3 is 14.9 Å². The van der Waals surface area contributed by atoms with Crippen molar-refractivity contribution < 1.29 is 19.7 Å². The number of carbonyl (C=O) groups is 1. The summed E-state index contributed by atoms with van der Waals surface area (Å²) in [7, 11) is 1.35. The molecule has 0 bridgehead atoms. The Labute approximate surface area is 89.9 Å². The second-order valence-corrected chi connectivity index (χ2v) is 3.03. The molecule has 0 saturated heterocycles. The van der Waals surface area contributed by atoms with E-state index >= 15 is 0 Å². The van der Waals surface area contributed by atoms with E-state index in [0.29, 0.717) is 19.3 Å². The molecule has 0 amide bonds. The van der Waals surface area contributed by atoms with Crippen LogP contribution in [0.1, 0.15) is 19.3 Å². The van der Waals surface area contributed by atoms with E-state index in [0.717, 1.165) is 0 Å². The van der Waals surface area contributed by atoms with E-state index < -0.39 is 6.10 Å². The lowest BCUT2D eigenvalue weighted by Gasteiger charge is -2.03. The molecule has 4 heteroatoms. The molecule has 0 heterocycles. The molecule has 1 unspecified atom stereocenters. The second-order valence-electron chi connectivity index (χ2n) is 3.03. The maximum Gasteiger partial charge on any atom is 0.305 e. The van der Waals surface area contributed by atoms with Gasteiger partial charge in [-0.3, -0.25) is 4.79 Å². The van der Waals surface area contributed by atoms with Gasteiger partial charge in [-0.1, -0.05) is 24.3 Å². The van der Waals surface area contributed by atoms with Gasteiger partial charge in [-0.15, -0.1) is 0 Å². The lowest BCUT2D eigenvalue weighted by Crippen LogP contribution is -2.05. The van der Waals surface area contributed by atoms with Crippen LogP contribution in [0.2, 0.25) is 0 Å². The molecule has 0 rings (SSSR count). The predicted molar refractivity (Wildman–Crippen MR) is 57.2 cm³/mol. The summed E-state index contributed by atoms with van der Waals surface area (Å²) >= 11 is 0. The van der Waals surface area contributed by atoms with Gasteiger partial charge in [0, 0.05) is 6.42 Å². The van der Waals surface area contributed by atoms with Crippen molar-refractivity contribution in [1.29, 1.82) is 0 Å². The lowest BCUT2D eigenvalue weighted by atomic mass is 10.1. The van der Waals surface area contributed by atoms with E-state index in [-0.39, 0.29) is 12.6 Å². The zero-order valence-corrected chi connectivity index (χ0v) is 8.93. The van der Waals surface area contributed by atoms with Crippen LogP contribution in [0, 0.1) is 0 Å². The summed E-state index contributed by atoms with van der Waals surface area (Å²) in [5.41, 5.74) is 0. The zero-order valence-electron chi connectivity index (χ0n) is 8.93. The van der Waals surface area contributed by atoms with Crippen molar-refractivity contribution in [3.63, 3.8) is 0 Å². The van der Waals surface area contributed by atoms with Crippen LogP contribution in [0.25, 0.3) is 0 Å². The van der Waals surface area contributed by atoms with Gasteiger partial charge in [0.05, 0.1) is 19.8 Å². The largest absolute Gasteiger partial charge is 0.469 e. The number of hydrogen-bond acceptors (Lipinski definition) is 4. The highest BCUT2D eigenvalue weighted by atomic mass is 16.5. The van der Waals surface area contributed by atoms with Gasteiger partial charge in [-0.25, -0.2) is 0 Å². The highest BCUT2D eigenvalue weighted by Crippen LogP contribution is 2.03. The van der Waals surface area contributed by atoms with Crippen LogP contribution in [0.5, 0.6) is 0 Å². The van der Waals surface area contributed by atoms with Crippen LogP contribution in [-0.4, -0.2) is 36.0 Å². The monoisotopic (exact) mass is 214 g/mol. The summed E-state index contributed by atoms with van der Waals surface area (Å²) in [5.74, 6) is -0.258.